The highest BCUT2D eigenvalue weighted by atomic mass is 32.2. The van der Waals surface area contributed by atoms with E-state index in [4.69, 9.17) is 14.5 Å². The van der Waals surface area contributed by atoms with Gasteiger partial charge in [-0.05, 0) is 31.5 Å². The van der Waals surface area contributed by atoms with Crippen LogP contribution in [-0.4, -0.2) is 59.8 Å². The molecule has 31 heavy (non-hydrogen) atoms. The van der Waals surface area contributed by atoms with Crippen LogP contribution < -0.4 is 9.64 Å². The lowest BCUT2D eigenvalue weighted by Crippen LogP contribution is -2.37. The van der Waals surface area contributed by atoms with Crippen molar-refractivity contribution in [1.82, 2.24) is 9.88 Å². The highest BCUT2D eigenvalue weighted by Crippen LogP contribution is 2.50. The summed E-state index contributed by atoms with van der Waals surface area (Å²) in [5.74, 6) is 2.05. The minimum absolute atomic E-state index is 0.0218. The van der Waals surface area contributed by atoms with Gasteiger partial charge in [-0.25, -0.2) is 0 Å². The number of aliphatic imine (C=N–C) groups is 1. The Bertz CT molecular complexity index is 932. The van der Waals surface area contributed by atoms with Gasteiger partial charge in [0.25, 0.3) is 0 Å². The van der Waals surface area contributed by atoms with Crippen molar-refractivity contribution in [1.29, 1.82) is 0 Å². The van der Waals surface area contributed by atoms with Gasteiger partial charge in [0.1, 0.15) is 11.8 Å². The first-order valence-corrected chi connectivity index (χ1v) is 12.3. The molecule has 0 radical (unpaired) electrons. The van der Waals surface area contributed by atoms with E-state index in [1.165, 1.54) is 11.3 Å². The quantitative estimate of drug-likeness (QED) is 0.670. The van der Waals surface area contributed by atoms with Crippen LogP contribution >= 0.6 is 11.8 Å². The van der Waals surface area contributed by atoms with Gasteiger partial charge < -0.3 is 19.3 Å². The third kappa shape index (κ3) is 3.89. The van der Waals surface area contributed by atoms with Gasteiger partial charge in [0.2, 0.25) is 0 Å². The molecule has 0 saturated carbocycles. The van der Waals surface area contributed by atoms with Gasteiger partial charge in [-0.1, -0.05) is 30.8 Å². The lowest BCUT2D eigenvalue weighted by molar-refractivity contribution is 0.122. The fraction of sp³-hybridized carbons (Fsp3) is 0.500. The number of aromatic nitrogens is 1. The first kappa shape index (κ1) is 20.6. The molecule has 164 valence electrons. The first-order valence-electron chi connectivity index (χ1n) is 11.3. The summed E-state index contributed by atoms with van der Waals surface area (Å²) in [7, 11) is 0. The Balaban J connectivity index is 1.56. The van der Waals surface area contributed by atoms with Crippen LogP contribution in [0.2, 0.25) is 0 Å². The van der Waals surface area contributed by atoms with E-state index in [0.717, 1.165) is 55.1 Å². The number of amidine groups is 1. The third-order valence-electron chi connectivity index (χ3n) is 6.32. The number of anilines is 1. The first-order chi connectivity index (χ1) is 15.3. The molecule has 7 heteroatoms. The van der Waals surface area contributed by atoms with Crippen molar-refractivity contribution in [2.45, 2.75) is 38.4 Å². The van der Waals surface area contributed by atoms with Gasteiger partial charge in [0, 0.05) is 48.4 Å². The number of thioether (sulfide) groups is 1. The predicted octanol–water partition coefficient (Wildman–Crippen LogP) is 4.30. The summed E-state index contributed by atoms with van der Waals surface area (Å²) >= 11 is 1.87. The summed E-state index contributed by atoms with van der Waals surface area (Å²) in [6.45, 7) is 8.34. The molecule has 3 unspecified atom stereocenters. The molecule has 3 aliphatic rings. The van der Waals surface area contributed by atoms with Crippen molar-refractivity contribution in [3.8, 4) is 5.75 Å². The summed E-state index contributed by atoms with van der Waals surface area (Å²) in [5, 5.41) is 1.15. The molecule has 3 atom stereocenters. The Morgan fingerprint density at radius 3 is 2.77 bits per heavy atom. The predicted molar refractivity (Wildman–Crippen MR) is 126 cm³/mol. The van der Waals surface area contributed by atoms with E-state index in [0.29, 0.717) is 12.6 Å². The maximum Gasteiger partial charge on any atom is 0.160 e. The van der Waals surface area contributed by atoms with Gasteiger partial charge in [-0.15, -0.1) is 0 Å². The Labute approximate surface area is 188 Å². The summed E-state index contributed by atoms with van der Waals surface area (Å²) in [5.41, 5.74) is 3.42. The highest BCUT2D eigenvalue weighted by molar-refractivity contribution is 8.14. The maximum absolute atomic E-state index is 6.22. The smallest absolute Gasteiger partial charge is 0.160 e. The molecule has 3 aliphatic heterocycles. The van der Waals surface area contributed by atoms with E-state index in [1.807, 2.05) is 24.0 Å². The lowest BCUT2D eigenvalue weighted by Gasteiger charge is -2.34. The third-order valence-corrected chi connectivity index (χ3v) is 7.45. The van der Waals surface area contributed by atoms with Gasteiger partial charge in [-0.3, -0.25) is 9.98 Å². The molecule has 2 aromatic rings. The number of hydrogen-bond donors (Lipinski definition) is 0. The van der Waals surface area contributed by atoms with Gasteiger partial charge in [0.15, 0.2) is 5.17 Å². The fourth-order valence-corrected chi connectivity index (χ4v) is 6.09. The van der Waals surface area contributed by atoms with Crippen molar-refractivity contribution in [3.05, 3.63) is 53.9 Å². The largest absolute Gasteiger partial charge is 0.493 e. The van der Waals surface area contributed by atoms with E-state index >= 15 is 0 Å². The zero-order chi connectivity index (χ0) is 21.2. The van der Waals surface area contributed by atoms with Crippen molar-refractivity contribution >= 4 is 22.6 Å². The van der Waals surface area contributed by atoms with E-state index in [2.05, 4.69) is 59.0 Å². The molecule has 0 bridgehead atoms. The molecule has 0 N–H and O–H groups in total. The van der Waals surface area contributed by atoms with Crippen LogP contribution in [0.4, 0.5) is 5.69 Å². The Morgan fingerprint density at radius 2 is 2.03 bits per heavy atom. The number of fused-ring (bicyclic) bond motifs is 1. The van der Waals surface area contributed by atoms with Crippen LogP contribution in [0.15, 0.2) is 47.6 Å². The molecule has 0 spiro atoms. The van der Waals surface area contributed by atoms with E-state index in [9.17, 15) is 0 Å². The maximum atomic E-state index is 6.22. The van der Waals surface area contributed by atoms with Crippen LogP contribution in [0.1, 0.15) is 43.6 Å². The van der Waals surface area contributed by atoms with E-state index < -0.39 is 0 Å². The van der Waals surface area contributed by atoms with Gasteiger partial charge in [0.05, 0.1) is 31.6 Å². The molecule has 6 nitrogen and oxygen atoms in total. The summed E-state index contributed by atoms with van der Waals surface area (Å²) < 4.78 is 11.8. The normalized spacial score (nSPS) is 25.5. The average molecular weight is 439 g/mol. The molecule has 1 aromatic heterocycles. The molecular formula is C24H30N4O2S. The summed E-state index contributed by atoms with van der Waals surface area (Å²) in [6, 6.07) is 13.4. The fourth-order valence-electron chi connectivity index (χ4n) is 4.75. The number of benzene rings is 1. The monoisotopic (exact) mass is 438 g/mol. The molecule has 0 aliphatic carbocycles. The van der Waals surface area contributed by atoms with Crippen molar-refractivity contribution in [3.63, 3.8) is 0 Å². The molecular weight excluding hydrogens is 408 g/mol. The van der Waals surface area contributed by atoms with Crippen LogP contribution in [0.5, 0.6) is 5.75 Å². The number of nitrogens with zero attached hydrogens (tertiary/aromatic N) is 4. The number of rotatable bonds is 6. The molecule has 1 aromatic carbocycles. The average Bonchev–Trinajstić information content (AvgIpc) is 3.40. The highest BCUT2D eigenvalue weighted by Gasteiger charge is 2.46. The molecule has 2 saturated heterocycles. The Kier molecular flexibility index (Phi) is 6.05. The SMILES string of the molecule is CCOc1cc(N2CCOCC2)ccc1C1C(c2ccccn2)N=C2SCC(CC)N21. The minimum Gasteiger partial charge on any atom is -0.493 e. The van der Waals surface area contributed by atoms with Crippen molar-refractivity contribution in [2.24, 2.45) is 4.99 Å². The minimum atomic E-state index is -0.0218. The Hall–Kier alpha value is -2.25. The molecule has 4 heterocycles. The number of hydrogen-bond acceptors (Lipinski definition) is 7. The lowest BCUT2D eigenvalue weighted by atomic mass is 9.94. The zero-order valence-corrected chi connectivity index (χ0v) is 19.1. The topological polar surface area (TPSA) is 50.2 Å². The second kappa shape index (κ2) is 9.09. The summed E-state index contributed by atoms with van der Waals surface area (Å²) in [6.07, 6.45) is 2.97. The van der Waals surface area contributed by atoms with Gasteiger partial charge in [-0.2, -0.15) is 0 Å². The molecule has 0 amide bonds. The zero-order valence-electron chi connectivity index (χ0n) is 18.2. The molecule has 2 fully saturated rings. The van der Waals surface area contributed by atoms with Crippen LogP contribution in [0, 0.1) is 0 Å². The van der Waals surface area contributed by atoms with Crippen LogP contribution in [0.3, 0.4) is 0 Å². The number of ether oxygens (including phenoxy) is 2. The van der Waals surface area contributed by atoms with Crippen molar-refractivity contribution in [2.75, 3.05) is 43.6 Å². The van der Waals surface area contributed by atoms with Gasteiger partial charge >= 0.3 is 0 Å². The van der Waals surface area contributed by atoms with Crippen LogP contribution in [0.25, 0.3) is 0 Å². The summed E-state index contributed by atoms with van der Waals surface area (Å²) in [4.78, 5) is 14.7. The van der Waals surface area contributed by atoms with Crippen LogP contribution in [-0.2, 0) is 4.74 Å². The number of pyridine rings is 1. The second-order valence-corrected chi connectivity index (χ2v) is 9.08. The van der Waals surface area contributed by atoms with Crippen molar-refractivity contribution < 1.29 is 9.47 Å². The second-order valence-electron chi connectivity index (χ2n) is 8.09. The number of morpholine rings is 1. The van der Waals surface area contributed by atoms with E-state index in [-0.39, 0.29) is 12.1 Å². The van der Waals surface area contributed by atoms with E-state index in [1.54, 1.807) is 0 Å². The molecule has 5 rings (SSSR count). The Morgan fingerprint density at radius 1 is 1.16 bits per heavy atom. The standard InChI is InChI=1S/C24H30N4O2S/c1-3-17-16-31-24-26-22(20-7-5-6-10-25-20)23(28(17)24)19-9-8-18(15-21(19)30-4-2)27-11-13-29-14-12-27/h5-10,15,17,22-23H,3-4,11-14,16H2,1-2H3.